The van der Waals surface area contributed by atoms with Crippen LogP contribution in [0.5, 0.6) is 0 Å². The number of hydrogen-bond acceptors (Lipinski definition) is 2. The Bertz CT molecular complexity index is 712. The van der Waals surface area contributed by atoms with Gasteiger partial charge in [0.2, 0.25) is 0 Å². The lowest BCUT2D eigenvalue weighted by atomic mass is 10.0. The Kier molecular flexibility index (Phi) is 5.49. The van der Waals surface area contributed by atoms with Gasteiger partial charge in [-0.3, -0.25) is 4.79 Å². The summed E-state index contributed by atoms with van der Waals surface area (Å²) in [7, 11) is 0. The second-order valence-electron chi connectivity index (χ2n) is 6.81. The van der Waals surface area contributed by atoms with Crippen LogP contribution in [-0.2, 0) is 13.0 Å². The van der Waals surface area contributed by atoms with Crippen molar-refractivity contribution in [3.63, 3.8) is 0 Å². The summed E-state index contributed by atoms with van der Waals surface area (Å²) in [5.41, 5.74) is 2.57. The lowest BCUT2D eigenvalue weighted by Gasteiger charge is -2.29. The van der Waals surface area contributed by atoms with Crippen molar-refractivity contribution >= 4 is 5.91 Å². The first-order valence-corrected chi connectivity index (χ1v) is 8.85. The normalized spacial score (nSPS) is 20.0. The van der Waals surface area contributed by atoms with Crippen molar-refractivity contribution in [2.75, 3.05) is 0 Å². The molecule has 0 bridgehead atoms. The summed E-state index contributed by atoms with van der Waals surface area (Å²) in [6, 6.07) is 14.2. The number of carbonyl (C=O) groups is 1. The molecule has 1 N–H and O–H groups in total. The molecule has 132 valence electrons. The lowest BCUT2D eigenvalue weighted by Crippen LogP contribution is -2.40. The Labute approximate surface area is 148 Å². The van der Waals surface area contributed by atoms with Gasteiger partial charge in [-0.15, -0.1) is 0 Å². The van der Waals surface area contributed by atoms with E-state index in [9.17, 15) is 9.18 Å². The van der Waals surface area contributed by atoms with Crippen molar-refractivity contribution in [2.24, 2.45) is 0 Å². The monoisotopic (exact) mass is 341 g/mol. The van der Waals surface area contributed by atoms with E-state index in [1.165, 1.54) is 12.1 Å². The molecule has 1 saturated heterocycles. The van der Waals surface area contributed by atoms with Gasteiger partial charge in [0.25, 0.3) is 5.91 Å². The summed E-state index contributed by atoms with van der Waals surface area (Å²) < 4.78 is 13.0. The number of benzene rings is 2. The van der Waals surface area contributed by atoms with Gasteiger partial charge in [0.1, 0.15) is 5.82 Å². The quantitative estimate of drug-likeness (QED) is 0.895. The molecule has 1 amide bonds. The second-order valence-corrected chi connectivity index (χ2v) is 6.81. The Morgan fingerprint density at radius 1 is 1.08 bits per heavy atom. The molecule has 1 fully saturated rings. The van der Waals surface area contributed by atoms with Crippen LogP contribution in [0, 0.1) is 5.82 Å². The fraction of sp³-hybridized carbons (Fsp3) is 0.381. The lowest BCUT2D eigenvalue weighted by molar-refractivity contribution is 0.0672. The largest absolute Gasteiger partial charge is 0.392 e. The van der Waals surface area contributed by atoms with Crippen molar-refractivity contribution in [3.05, 3.63) is 71.0 Å². The summed E-state index contributed by atoms with van der Waals surface area (Å²) in [5, 5.41) is 9.14. The smallest absolute Gasteiger partial charge is 0.254 e. The van der Waals surface area contributed by atoms with Gasteiger partial charge in [-0.25, -0.2) is 4.39 Å². The number of likely N-dealkylation sites (tertiary alicyclic amines) is 1. The van der Waals surface area contributed by atoms with Gasteiger partial charge >= 0.3 is 0 Å². The van der Waals surface area contributed by atoms with E-state index in [2.05, 4.69) is 6.92 Å². The van der Waals surface area contributed by atoms with E-state index in [4.69, 9.17) is 5.11 Å². The van der Waals surface area contributed by atoms with Crippen LogP contribution in [0.1, 0.15) is 47.7 Å². The average Bonchev–Trinajstić information content (AvgIpc) is 3.01. The highest BCUT2D eigenvalue weighted by atomic mass is 19.1. The molecule has 2 atom stereocenters. The van der Waals surface area contributed by atoms with Crippen LogP contribution in [-0.4, -0.2) is 28.0 Å². The Hall–Kier alpha value is -2.20. The van der Waals surface area contributed by atoms with Gasteiger partial charge in [0, 0.05) is 17.6 Å². The fourth-order valence-electron chi connectivity index (χ4n) is 3.61. The SMILES string of the molecule is C[C@@H]1CC[C@H](CCc2ccc(F)cc2)N1C(=O)c1ccc(CO)cc1. The van der Waals surface area contributed by atoms with Crippen LogP contribution in [0.3, 0.4) is 0 Å². The van der Waals surface area contributed by atoms with E-state index in [0.29, 0.717) is 5.56 Å². The number of aryl methyl sites for hydroxylation is 1. The van der Waals surface area contributed by atoms with E-state index in [1.807, 2.05) is 17.0 Å². The number of amides is 1. The molecule has 4 heteroatoms. The number of hydrogen-bond donors (Lipinski definition) is 1. The number of halogens is 1. The average molecular weight is 341 g/mol. The maximum atomic E-state index is 13.0. The molecule has 25 heavy (non-hydrogen) atoms. The van der Waals surface area contributed by atoms with Crippen LogP contribution >= 0.6 is 0 Å². The highest BCUT2D eigenvalue weighted by Crippen LogP contribution is 2.29. The predicted octanol–water partition coefficient (Wildman–Crippen LogP) is 3.94. The van der Waals surface area contributed by atoms with Crippen LogP contribution in [0.4, 0.5) is 4.39 Å². The first kappa shape index (κ1) is 17.6. The minimum atomic E-state index is -0.221. The number of aliphatic hydroxyl groups excluding tert-OH is 1. The molecule has 1 aliphatic heterocycles. The molecular weight excluding hydrogens is 317 g/mol. The molecule has 0 spiro atoms. The zero-order chi connectivity index (χ0) is 17.8. The van der Waals surface area contributed by atoms with E-state index >= 15 is 0 Å². The van der Waals surface area contributed by atoms with Crippen LogP contribution in [0.2, 0.25) is 0 Å². The number of aliphatic hydroxyl groups is 1. The number of rotatable bonds is 5. The Balaban J connectivity index is 1.68. The van der Waals surface area contributed by atoms with Crippen LogP contribution in [0.25, 0.3) is 0 Å². The highest BCUT2D eigenvalue weighted by molar-refractivity contribution is 5.94. The molecule has 2 aromatic carbocycles. The first-order valence-electron chi connectivity index (χ1n) is 8.85. The minimum absolute atomic E-state index is 0.0190. The van der Waals surface area contributed by atoms with E-state index < -0.39 is 0 Å². The maximum absolute atomic E-state index is 13.0. The van der Waals surface area contributed by atoms with Crippen LogP contribution in [0.15, 0.2) is 48.5 Å². The highest BCUT2D eigenvalue weighted by Gasteiger charge is 2.34. The molecule has 0 aromatic heterocycles. The summed E-state index contributed by atoms with van der Waals surface area (Å²) in [6.07, 6.45) is 3.73. The topological polar surface area (TPSA) is 40.5 Å². The molecular formula is C21H24FNO2. The van der Waals surface area contributed by atoms with Gasteiger partial charge in [-0.1, -0.05) is 24.3 Å². The van der Waals surface area contributed by atoms with Crippen molar-refractivity contribution in [1.29, 1.82) is 0 Å². The summed E-state index contributed by atoms with van der Waals surface area (Å²) >= 11 is 0. The molecule has 3 rings (SSSR count). The van der Waals surface area contributed by atoms with Gasteiger partial charge in [0.15, 0.2) is 0 Å². The van der Waals surface area contributed by atoms with Crippen molar-refractivity contribution < 1.29 is 14.3 Å². The van der Waals surface area contributed by atoms with Gasteiger partial charge in [-0.2, -0.15) is 0 Å². The van der Waals surface area contributed by atoms with Crippen LogP contribution < -0.4 is 0 Å². The minimum Gasteiger partial charge on any atom is -0.392 e. The molecule has 1 heterocycles. The third-order valence-electron chi connectivity index (χ3n) is 5.08. The first-order chi connectivity index (χ1) is 12.1. The molecule has 2 aromatic rings. The van der Waals surface area contributed by atoms with E-state index in [1.54, 1.807) is 24.3 Å². The molecule has 1 aliphatic rings. The summed E-state index contributed by atoms with van der Waals surface area (Å²) in [4.78, 5) is 14.9. The van der Waals surface area contributed by atoms with Crippen molar-refractivity contribution in [2.45, 2.75) is 51.3 Å². The zero-order valence-electron chi connectivity index (χ0n) is 14.5. The molecule has 0 radical (unpaired) electrons. The number of nitrogens with zero attached hydrogens (tertiary/aromatic N) is 1. The molecule has 0 saturated carbocycles. The van der Waals surface area contributed by atoms with Crippen molar-refractivity contribution in [1.82, 2.24) is 4.90 Å². The fourth-order valence-corrected chi connectivity index (χ4v) is 3.61. The maximum Gasteiger partial charge on any atom is 0.254 e. The summed E-state index contributed by atoms with van der Waals surface area (Å²) in [5.74, 6) is -0.167. The van der Waals surface area contributed by atoms with Crippen molar-refractivity contribution in [3.8, 4) is 0 Å². The third-order valence-corrected chi connectivity index (χ3v) is 5.08. The predicted molar refractivity (Wildman–Crippen MR) is 95.7 cm³/mol. The molecule has 0 unspecified atom stereocenters. The van der Waals surface area contributed by atoms with E-state index in [0.717, 1.165) is 36.8 Å². The van der Waals surface area contributed by atoms with Gasteiger partial charge < -0.3 is 10.0 Å². The molecule has 0 aliphatic carbocycles. The Morgan fingerprint density at radius 3 is 2.36 bits per heavy atom. The number of carbonyl (C=O) groups excluding carboxylic acids is 1. The van der Waals surface area contributed by atoms with E-state index in [-0.39, 0.29) is 30.4 Å². The zero-order valence-corrected chi connectivity index (χ0v) is 14.5. The standard InChI is InChI=1S/C21H24FNO2/c1-15-2-12-20(13-7-16-5-10-19(22)11-6-16)23(15)21(25)18-8-3-17(14-24)4-9-18/h3-6,8-11,15,20,24H,2,7,12-14H2,1H3/t15-,20-/m1/s1. The Morgan fingerprint density at radius 2 is 1.72 bits per heavy atom. The third kappa shape index (κ3) is 4.07. The second kappa shape index (κ2) is 7.79. The van der Waals surface area contributed by atoms with Gasteiger partial charge in [0.05, 0.1) is 6.61 Å². The molecule has 3 nitrogen and oxygen atoms in total. The van der Waals surface area contributed by atoms with Gasteiger partial charge in [-0.05, 0) is 68.0 Å². The summed E-state index contributed by atoms with van der Waals surface area (Å²) in [6.45, 7) is 2.08.